The molecule has 1 N–H and O–H groups in total. The molecule has 1 heterocycles. The lowest BCUT2D eigenvalue weighted by Gasteiger charge is -2.07. The van der Waals surface area contributed by atoms with Crippen LogP contribution in [0.5, 0.6) is 0 Å². The van der Waals surface area contributed by atoms with Gasteiger partial charge >= 0.3 is 0 Å². The van der Waals surface area contributed by atoms with E-state index in [-0.39, 0.29) is 10.6 Å². The summed E-state index contributed by atoms with van der Waals surface area (Å²) in [6.45, 7) is 5.61. The second kappa shape index (κ2) is 6.23. The zero-order valence-corrected chi connectivity index (χ0v) is 11.8. The third kappa shape index (κ3) is 3.17. The summed E-state index contributed by atoms with van der Waals surface area (Å²) in [7, 11) is 0. The fraction of sp³-hybridized carbons (Fsp3) is 0.333. The van der Waals surface area contributed by atoms with Crippen molar-refractivity contribution in [3.05, 3.63) is 57.9 Å². The Kier molecular flexibility index (Phi) is 4.40. The Bertz CT molecular complexity index is 605. The van der Waals surface area contributed by atoms with E-state index in [0.717, 1.165) is 23.4 Å². The second-order valence-corrected chi connectivity index (χ2v) is 4.66. The third-order valence-electron chi connectivity index (χ3n) is 3.34. The highest BCUT2D eigenvalue weighted by molar-refractivity contribution is 5.55. The first-order valence-electron chi connectivity index (χ1n) is 6.79. The van der Waals surface area contributed by atoms with Crippen LogP contribution in [0.1, 0.15) is 25.0 Å². The van der Waals surface area contributed by atoms with Crippen LogP contribution in [-0.4, -0.2) is 9.49 Å². The van der Waals surface area contributed by atoms with E-state index in [1.54, 1.807) is 6.07 Å². The Hall–Kier alpha value is -2.30. The van der Waals surface area contributed by atoms with Crippen molar-refractivity contribution in [2.75, 3.05) is 5.32 Å². The van der Waals surface area contributed by atoms with Crippen LogP contribution in [0.2, 0.25) is 0 Å². The van der Waals surface area contributed by atoms with Crippen LogP contribution in [0.3, 0.4) is 0 Å². The van der Waals surface area contributed by atoms with Crippen molar-refractivity contribution in [3.63, 3.8) is 0 Å². The van der Waals surface area contributed by atoms with Gasteiger partial charge in [0.25, 0.3) is 5.69 Å². The van der Waals surface area contributed by atoms with Gasteiger partial charge in [0.15, 0.2) is 0 Å². The predicted molar refractivity (Wildman–Crippen MR) is 79.9 cm³/mol. The number of nitro benzene ring substituents is 1. The average Bonchev–Trinajstić information content (AvgIpc) is 2.92. The van der Waals surface area contributed by atoms with Crippen LogP contribution in [0.25, 0.3) is 0 Å². The fourth-order valence-electron chi connectivity index (χ4n) is 2.14. The van der Waals surface area contributed by atoms with Crippen LogP contribution in [-0.2, 0) is 19.5 Å². The molecule has 106 valence electrons. The molecular weight excluding hydrogens is 254 g/mol. The molecule has 5 nitrogen and oxygen atoms in total. The molecule has 0 amide bonds. The zero-order chi connectivity index (χ0) is 14.5. The zero-order valence-electron chi connectivity index (χ0n) is 11.8. The van der Waals surface area contributed by atoms with Gasteiger partial charge in [0.2, 0.25) is 0 Å². The largest absolute Gasteiger partial charge is 0.381 e. The first-order chi connectivity index (χ1) is 9.63. The smallest absolute Gasteiger partial charge is 0.274 e. The molecule has 0 radical (unpaired) electrons. The normalized spacial score (nSPS) is 10.5. The number of nitrogens with one attached hydrogen (secondary N) is 1. The van der Waals surface area contributed by atoms with Gasteiger partial charge < -0.3 is 9.88 Å². The van der Waals surface area contributed by atoms with Gasteiger partial charge in [-0.05, 0) is 31.0 Å². The van der Waals surface area contributed by atoms with Crippen molar-refractivity contribution in [1.82, 2.24) is 4.57 Å². The summed E-state index contributed by atoms with van der Waals surface area (Å²) in [6.07, 6.45) is 4.76. The molecule has 1 aromatic carbocycles. The lowest BCUT2D eigenvalue weighted by Crippen LogP contribution is -2.01. The van der Waals surface area contributed by atoms with E-state index < -0.39 is 0 Å². The van der Waals surface area contributed by atoms with Gasteiger partial charge in [-0.1, -0.05) is 13.0 Å². The molecule has 0 fully saturated rings. The molecule has 0 aliphatic rings. The summed E-state index contributed by atoms with van der Waals surface area (Å²) in [5, 5.41) is 14.3. The molecule has 0 aliphatic heterocycles. The Morgan fingerprint density at radius 3 is 2.70 bits per heavy atom. The van der Waals surface area contributed by atoms with Crippen LogP contribution >= 0.6 is 0 Å². The van der Waals surface area contributed by atoms with Crippen molar-refractivity contribution in [1.29, 1.82) is 0 Å². The number of nitro groups is 1. The molecule has 1 aromatic heterocycles. The molecule has 0 saturated heterocycles. The van der Waals surface area contributed by atoms with Crippen molar-refractivity contribution in [3.8, 4) is 0 Å². The minimum absolute atomic E-state index is 0.184. The average molecular weight is 273 g/mol. The third-order valence-corrected chi connectivity index (χ3v) is 3.34. The maximum atomic E-state index is 11.0. The lowest BCUT2D eigenvalue weighted by molar-refractivity contribution is -0.385. The number of anilines is 1. The molecule has 0 saturated carbocycles. The quantitative estimate of drug-likeness (QED) is 0.646. The van der Waals surface area contributed by atoms with Gasteiger partial charge in [-0.2, -0.15) is 0 Å². The predicted octanol–water partition coefficient (Wildman–Crippen LogP) is 3.59. The highest BCUT2D eigenvalue weighted by Crippen LogP contribution is 2.24. The minimum Gasteiger partial charge on any atom is -0.381 e. The molecule has 5 heteroatoms. The minimum atomic E-state index is -0.322. The Morgan fingerprint density at radius 2 is 2.10 bits per heavy atom. The molecule has 0 spiro atoms. The number of aromatic nitrogens is 1. The van der Waals surface area contributed by atoms with E-state index in [4.69, 9.17) is 0 Å². The Balaban J connectivity index is 2.09. The topological polar surface area (TPSA) is 60.1 Å². The summed E-state index contributed by atoms with van der Waals surface area (Å²) in [4.78, 5) is 10.7. The number of hydrogen-bond acceptors (Lipinski definition) is 3. The van der Waals surface area contributed by atoms with E-state index in [0.29, 0.717) is 13.0 Å². The maximum absolute atomic E-state index is 11.0. The standard InChI is InChI=1S/C15H19N3O2/c1-3-13-5-6-14(9-15(13)18(19)20)16-10-12-7-8-17(4-2)11-12/h5-9,11,16H,3-4,10H2,1-2H3. The summed E-state index contributed by atoms with van der Waals surface area (Å²) < 4.78 is 2.10. The van der Waals surface area contributed by atoms with Gasteiger partial charge in [0, 0.05) is 42.8 Å². The van der Waals surface area contributed by atoms with Gasteiger partial charge in [0.1, 0.15) is 0 Å². The van der Waals surface area contributed by atoms with Crippen LogP contribution in [0.4, 0.5) is 11.4 Å². The van der Waals surface area contributed by atoms with Gasteiger partial charge in [-0.25, -0.2) is 0 Å². The first-order valence-corrected chi connectivity index (χ1v) is 6.79. The number of benzene rings is 1. The van der Waals surface area contributed by atoms with E-state index in [1.807, 2.05) is 31.3 Å². The SMILES string of the molecule is CCc1ccc(NCc2ccn(CC)c2)cc1[N+](=O)[O-]. The van der Waals surface area contributed by atoms with Crippen molar-refractivity contribution >= 4 is 11.4 Å². The first kappa shape index (κ1) is 14.1. The number of nitrogens with zero attached hydrogens (tertiary/aromatic N) is 2. The van der Waals surface area contributed by atoms with Crippen molar-refractivity contribution in [2.45, 2.75) is 33.4 Å². The van der Waals surface area contributed by atoms with E-state index in [9.17, 15) is 10.1 Å². The van der Waals surface area contributed by atoms with E-state index in [2.05, 4.69) is 23.0 Å². The van der Waals surface area contributed by atoms with Crippen molar-refractivity contribution in [2.24, 2.45) is 0 Å². The summed E-state index contributed by atoms with van der Waals surface area (Å²) in [6, 6.07) is 7.36. The van der Waals surface area contributed by atoms with Gasteiger partial charge in [-0.15, -0.1) is 0 Å². The van der Waals surface area contributed by atoms with Gasteiger partial charge in [0.05, 0.1) is 4.92 Å². The van der Waals surface area contributed by atoms with Crippen LogP contribution < -0.4 is 5.32 Å². The second-order valence-electron chi connectivity index (χ2n) is 4.66. The molecular formula is C15H19N3O2. The Morgan fingerprint density at radius 1 is 1.30 bits per heavy atom. The number of aryl methyl sites for hydroxylation is 2. The molecule has 2 rings (SSSR count). The molecule has 0 aliphatic carbocycles. The lowest BCUT2D eigenvalue weighted by atomic mass is 10.1. The fourth-order valence-corrected chi connectivity index (χ4v) is 2.14. The van der Waals surface area contributed by atoms with E-state index in [1.165, 1.54) is 0 Å². The number of hydrogen-bond donors (Lipinski definition) is 1. The molecule has 0 atom stereocenters. The summed E-state index contributed by atoms with van der Waals surface area (Å²) >= 11 is 0. The highest BCUT2D eigenvalue weighted by atomic mass is 16.6. The molecule has 2 aromatic rings. The highest BCUT2D eigenvalue weighted by Gasteiger charge is 2.12. The van der Waals surface area contributed by atoms with Crippen molar-refractivity contribution < 1.29 is 4.92 Å². The number of rotatable bonds is 6. The molecule has 0 unspecified atom stereocenters. The maximum Gasteiger partial charge on any atom is 0.274 e. The monoisotopic (exact) mass is 273 g/mol. The van der Waals surface area contributed by atoms with Gasteiger partial charge in [-0.3, -0.25) is 10.1 Å². The molecule has 20 heavy (non-hydrogen) atoms. The van der Waals surface area contributed by atoms with Crippen LogP contribution in [0.15, 0.2) is 36.7 Å². The summed E-state index contributed by atoms with van der Waals surface area (Å²) in [5.41, 5.74) is 2.88. The summed E-state index contributed by atoms with van der Waals surface area (Å²) in [5.74, 6) is 0. The molecule has 0 bridgehead atoms. The Labute approximate surface area is 118 Å². The van der Waals surface area contributed by atoms with Crippen LogP contribution in [0, 0.1) is 10.1 Å². The van der Waals surface area contributed by atoms with E-state index >= 15 is 0 Å².